The average Bonchev–Trinajstić information content (AvgIpc) is 2.51. The number of hydrogen-bond donors (Lipinski definition) is 0. The summed E-state index contributed by atoms with van der Waals surface area (Å²) in [5.41, 5.74) is 0.706. The van der Waals surface area contributed by atoms with Crippen LogP contribution < -0.4 is 4.74 Å². The van der Waals surface area contributed by atoms with E-state index in [1.165, 1.54) is 0 Å². The van der Waals surface area contributed by atoms with Crippen molar-refractivity contribution in [2.24, 2.45) is 0 Å². The van der Waals surface area contributed by atoms with E-state index >= 15 is 0 Å². The third kappa shape index (κ3) is 6.85. The second kappa shape index (κ2) is 10.5. The molecule has 0 atom stereocenters. The number of halogens is 1. The van der Waals surface area contributed by atoms with Crippen molar-refractivity contribution >= 4 is 17.5 Å². The van der Waals surface area contributed by atoms with Gasteiger partial charge in [0.1, 0.15) is 5.75 Å². The molecule has 0 aromatic heterocycles. The van der Waals surface area contributed by atoms with Crippen molar-refractivity contribution in [3.05, 3.63) is 29.8 Å². The van der Waals surface area contributed by atoms with Gasteiger partial charge in [0, 0.05) is 25.0 Å². The van der Waals surface area contributed by atoms with Gasteiger partial charge < -0.3 is 9.64 Å². The van der Waals surface area contributed by atoms with Gasteiger partial charge in [-0.3, -0.25) is 4.79 Å². The smallest absolute Gasteiger partial charge is 0.253 e. The molecule has 0 unspecified atom stereocenters. The molecule has 1 amide bonds. The maximum Gasteiger partial charge on any atom is 0.253 e. The monoisotopic (exact) mass is 311 g/mol. The van der Waals surface area contributed by atoms with Crippen molar-refractivity contribution in [1.82, 2.24) is 4.90 Å². The molecule has 0 fully saturated rings. The molecule has 0 radical (unpaired) electrons. The molecule has 0 aliphatic carbocycles. The Bertz CT molecular complexity index is 406. The molecule has 0 spiro atoms. The lowest BCUT2D eigenvalue weighted by atomic mass is 10.2. The Morgan fingerprint density at radius 1 is 1.14 bits per heavy atom. The fraction of sp³-hybridized carbons (Fsp3) is 0.588. The van der Waals surface area contributed by atoms with E-state index in [0.29, 0.717) is 11.4 Å². The first kappa shape index (κ1) is 17.8. The molecule has 0 N–H and O–H groups in total. The van der Waals surface area contributed by atoms with Crippen LogP contribution in [0.15, 0.2) is 24.3 Å². The minimum absolute atomic E-state index is 0.0565. The van der Waals surface area contributed by atoms with Crippen LogP contribution in [0, 0.1) is 0 Å². The summed E-state index contributed by atoms with van der Waals surface area (Å²) < 4.78 is 5.60. The third-order valence-corrected chi connectivity index (χ3v) is 3.61. The number of amides is 1. The van der Waals surface area contributed by atoms with E-state index in [0.717, 1.165) is 51.0 Å². The molecule has 21 heavy (non-hydrogen) atoms. The number of benzene rings is 1. The van der Waals surface area contributed by atoms with Gasteiger partial charge in [-0.25, -0.2) is 0 Å². The first-order chi connectivity index (χ1) is 10.2. The number of ether oxygens (including phenoxy) is 1. The normalized spacial score (nSPS) is 10.4. The average molecular weight is 312 g/mol. The van der Waals surface area contributed by atoms with Crippen LogP contribution in [-0.4, -0.2) is 36.9 Å². The summed E-state index contributed by atoms with van der Waals surface area (Å²) in [6.45, 7) is 3.63. The highest BCUT2D eigenvalue weighted by molar-refractivity contribution is 6.17. The molecule has 118 valence electrons. The van der Waals surface area contributed by atoms with Crippen LogP contribution >= 0.6 is 11.6 Å². The largest absolute Gasteiger partial charge is 0.494 e. The standard InChI is InChI=1S/C17H26ClNO2/c1-3-4-14-21-16-10-8-15(9-11-16)17(20)19(2)13-7-5-6-12-18/h8-11H,3-7,12-14H2,1-2H3. The molecular formula is C17H26ClNO2. The van der Waals surface area contributed by atoms with Gasteiger partial charge in [-0.1, -0.05) is 19.8 Å². The second-order valence-electron chi connectivity index (χ2n) is 5.20. The molecule has 0 bridgehead atoms. The quantitative estimate of drug-likeness (QED) is 0.475. The fourth-order valence-corrected chi connectivity index (χ4v) is 2.16. The summed E-state index contributed by atoms with van der Waals surface area (Å²) in [5.74, 6) is 1.57. The van der Waals surface area contributed by atoms with Crippen molar-refractivity contribution in [2.75, 3.05) is 26.1 Å². The van der Waals surface area contributed by atoms with Crippen molar-refractivity contribution in [3.8, 4) is 5.75 Å². The zero-order valence-corrected chi connectivity index (χ0v) is 13.9. The predicted octanol–water partition coefficient (Wildman–Crippen LogP) is 4.35. The summed E-state index contributed by atoms with van der Waals surface area (Å²) in [6, 6.07) is 7.40. The van der Waals surface area contributed by atoms with E-state index in [1.807, 2.05) is 31.3 Å². The maximum atomic E-state index is 12.2. The van der Waals surface area contributed by atoms with Crippen LogP contribution in [0.5, 0.6) is 5.75 Å². The van der Waals surface area contributed by atoms with Crippen molar-refractivity contribution in [1.29, 1.82) is 0 Å². The van der Waals surface area contributed by atoms with Crippen LogP contribution in [0.1, 0.15) is 49.4 Å². The third-order valence-electron chi connectivity index (χ3n) is 3.34. The van der Waals surface area contributed by atoms with Crippen molar-refractivity contribution in [2.45, 2.75) is 39.0 Å². The lowest BCUT2D eigenvalue weighted by molar-refractivity contribution is 0.0792. The maximum absolute atomic E-state index is 12.2. The molecule has 0 heterocycles. The Kier molecular flexibility index (Phi) is 8.91. The number of unbranched alkanes of at least 4 members (excludes halogenated alkanes) is 3. The molecule has 1 aromatic carbocycles. The van der Waals surface area contributed by atoms with Gasteiger partial charge in [-0.05, 0) is 43.5 Å². The molecule has 0 aliphatic heterocycles. The summed E-state index contributed by atoms with van der Waals surface area (Å²) in [7, 11) is 1.84. The Morgan fingerprint density at radius 2 is 1.86 bits per heavy atom. The number of alkyl halides is 1. The van der Waals surface area contributed by atoms with Crippen LogP contribution in [-0.2, 0) is 0 Å². The van der Waals surface area contributed by atoms with Crippen LogP contribution in [0.4, 0.5) is 0 Å². The van der Waals surface area contributed by atoms with E-state index in [4.69, 9.17) is 16.3 Å². The highest BCUT2D eigenvalue weighted by atomic mass is 35.5. The fourth-order valence-electron chi connectivity index (χ4n) is 1.97. The minimum Gasteiger partial charge on any atom is -0.494 e. The van der Waals surface area contributed by atoms with Crippen LogP contribution in [0.3, 0.4) is 0 Å². The van der Waals surface area contributed by atoms with Gasteiger partial charge in [-0.2, -0.15) is 0 Å². The first-order valence-corrected chi connectivity index (χ1v) is 8.26. The van der Waals surface area contributed by atoms with Gasteiger partial charge in [0.2, 0.25) is 0 Å². The summed E-state index contributed by atoms with van der Waals surface area (Å²) in [6.07, 6.45) is 5.22. The highest BCUT2D eigenvalue weighted by Gasteiger charge is 2.11. The molecular weight excluding hydrogens is 286 g/mol. The predicted molar refractivity (Wildman–Crippen MR) is 88.4 cm³/mol. The second-order valence-corrected chi connectivity index (χ2v) is 5.58. The Labute approximate surface area is 133 Å². The van der Waals surface area contributed by atoms with Crippen molar-refractivity contribution in [3.63, 3.8) is 0 Å². The minimum atomic E-state index is 0.0565. The molecule has 0 saturated carbocycles. The van der Waals surface area contributed by atoms with Gasteiger partial charge >= 0.3 is 0 Å². The Hall–Kier alpha value is -1.22. The van der Waals surface area contributed by atoms with Gasteiger partial charge in [0.25, 0.3) is 5.91 Å². The Morgan fingerprint density at radius 3 is 2.48 bits per heavy atom. The molecule has 0 aliphatic rings. The number of hydrogen-bond acceptors (Lipinski definition) is 2. The van der Waals surface area contributed by atoms with E-state index in [2.05, 4.69) is 6.92 Å². The summed E-state index contributed by atoms with van der Waals surface area (Å²) in [5, 5.41) is 0. The molecule has 0 saturated heterocycles. The zero-order valence-electron chi connectivity index (χ0n) is 13.1. The Balaban J connectivity index is 2.42. The topological polar surface area (TPSA) is 29.5 Å². The summed E-state index contributed by atoms with van der Waals surface area (Å²) in [4.78, 5) is 14.0. The number of carbonyl (C=O) groups is 1. The molecule has 1 rings (SSSR count). The van der Waals surface area contributed by atoms with E-state index in [-0.39, 0.29) is 5.91 Å². The molecule has 3 nitrogen and oxygen atoms in total. The van der Waals surface area contributed by atoms with Gasteiger partial charge in [0.05, 0.1) is 6.61 Å². The number of rotatable bonds is 10. The van der Waals surface area contributed by atoms with E-state index in [9.17, 15) is 4.79 Å². The van der Waals surface area contributed by atoms with Crippen LogP contribution in [0.2, 0.25) is 0 Å². The highest BCUT2D eigenvalue weighted by Crippen LogP contribution is 2.14. The molecule has 1 aromatic rings. The van der Waals surface area contributed by atoms with E-state index in [1.54, 1.807) is 4.90 Å². The van der Waals surface area contributed by atoms with Crippen LogP contribution in [0.25, 0.3) is 0 Å². The SMILES string of the molecule is CCCCOc1ccc(C(=O)N(C)CCCCCCl)cc1. The van der Waals surface area contributed by atoms with E-state index < -0.39 is 0 Å². The first-order valence-electron chi connectivity index (χ1n) is 7.73. The lowest BCUT2D eigenvalue weighted by Gasteiger charge is -2.17. The molecule has 4 heteroatoms. The number of nitrogens with zero attached hydrogens (tertiary/aromatic N) is 1. The van der Waals surface area contributed by atoms with Gasteiger partial charge in [0.15, 0.2) is 0 Å². The zero-order chi connectivity index (χ0) is 15.5. The summed E-state index contributed by atoms with van der Waals surface area (Å²) >= 11 is 5.64. The van der Waals surface area contributed by atoms with Crippen molar-refractivity contribution < 1.29 is 9.53 Å². The van der Waals surface area contributed by atoms with Gasteiger partial charge in [-0.15, -0.1) is 11.6 Å². The lowest BCUT2D eigenvalue weighted by Crippen LogP contribution is -2.27. The number of carbonyl (C=O) groups excluding carboxylic acids is 1.